The number of carbonyl (C=O) groups is 1. The van der Waals surface area contributed by atoms with Gasteiger partial charge < -0.3 is 19.5 Å². The van der Waals surface area contributed by atoms with E-state index in [1.54, 1.807) is 30.2 Å². The van der Waals surface area contributed by atoms with Gasteiger partial charge in [0.1, 0.15) is 11.6 Å². The topological polar surface area (TPSA) is 62.2 Å². The van der Waals surface area contributed by atoms with Crippen LogP contribution < -0.4 is 0 Å². The van der Waals surface area contributed by atoms with Crippen molar-refractivity contribution in [3.05, 3.63) is 65.5 Å². The third-order valence-corrected chi connectivity index (χ3v) is 4.96. The van der Waals surface area contributed by atoms with Crippen LogP contribution in [0.4, 0.5) is 4.39 Å². The third kappa shape index (κ3) is 6.00. The minimum Gasteiger partial charge on any atom is -0.508 e. The number of benzene rings is 2. The van der Waals surface area contributed by atoms with Crippen LogP contribution in [0.3, 0.4) is 0 Å². The van der Waals surface area contributed by atoms with Crippen LogP contribution in [-0.4, -0.2) is 73.4 Å². The zero-order valence-corrected chi connectivity index (χ0v) is 16.6. The average Bonchev–Trinajstić information content (AvgIpc) is 2.72. The quantitative estimate of drug-likeness (QED) is 0.735. The molecular formula is C22H27FN2O4. The van der Waals surface area contributed by atoms with Crippen LogP contribution in [-0.2, 0) is 16.0 Å². The van der Waals surface area contributed by atoms with E-state index in [0.717, 1.165) is 12.1 Å². The second kappa shape index (κ2) is 10.3. The van der Waals surface area contributed by atoms with Crippen molar-refractivity contribution >= 4 is 5.91 Å². The van der Waals surface area contributed by atoms with Gasteiger partial charge in [-0.25, -0.2) is 4.39 Å². The first-order valence-corrected chi connectivity index (χ1v) is 9.71. The number of phenols is 1. The normalized spacial score (nSPS) is 17.2. The summed E-state index contributed by atoms with van der Waals surface area (Å²) in [7, 11) is 1.58. The maximum atomic E-state index is 13.5. The molecule has 3 rings (SSSR count). The Labute approximate surface area is 170 Å². The van der Waals surface area contributed by atoms with Crippen molar-refractivity contribution in [2.75, 3.05) is 46.5 Å². The molecule has 1 heterocycles. The van der Waals surface area contributed by atoms with Gasteiger partial charge in [0, 0.05) is 51.0 Å². The highest BCUT2D eigenvalue weighted by molar-refractivity contribution is 5.94. The summed E-state index contributed by atoms with van der Waals surface area (Å²) in [4.78, 5) is 16.7. The van der Waals surface area contributed by atoms with E-state index < -0.39 is 5.82 Å². The maximum Gasteiger partial charge on any atom is 0.254 e. The van der Waals surface area contributed by atoms with Crippen LogP contribution in [0.15, 0.2) is 48.5 Å². The Morgan fingerprint density at radius 2 is 2.14 bits per heavy atom. The first-order chi connectivity index (χ1) is 14.1. The number of morpholine rings is 1. The smallest absolute Gasteiger partial charge is 0.254 e. The number of aromatic hydroxyl groups is 1. The molecule has 1 atom stereocenters. The molecule has 2 aromatic carbocycles. The standard InChI is InChI=1S/C22H27FN2O4/c1-28-11-10-25(22(27)17-6-4-7-19(23)13-17)16-20-15-24(9-12-29-20)14-18-5-2-3-8-21(18)26/h2-8,13,20,26H,9-12,14-16H2,1H3. The van der Waals surface area contributed by atoms with E-state index in [9.17, 15) is 14.3 Å². The van der Waals surface area contributed by atoms with Gasteiger partial charge in [-0.1, -0.05) is 24.3 Å². The maximum absolute atomic E-state index is 13.5. The summed E-state index contributed by atoms with van der Waals surface area (Å²) < 4.78 is 24.6. The SMILES string of the molecule is COCCN(CC1CN(Cc2ccccc2O)CCO1)C(=O)c1cccc(F)c1. The second-order valence-corrected chi connectivity index (χ2v) is 7.11. The van der Waals surface area contributed by atoms with Gasteiger partial charge in [0.25, 0.3) is 5.91 Å². The Bertz CT molecular complexity index is 817. The number of amides is 1. The summed E-state index contributed by atoms with van der Waals surface area (Å²) in [6.45, 7) is 3.71. The number of hydrogen-bond donors (Lipinski definition) is 1. The molecule has 1 fully saturated rings. The molecule has 1 saturated heterocycles. The Morgan fingerprint density at radius 3 is 2.90 bits per heavy atom. The van der Waals surface area contributed by atoms with Gasteiger partial charge in [0.2, 0.25) is 0 Å². The third-order valence-electron chi connectivity index (χ3n) is 4.96. The average molecular weight is 402 g/mol. The minimum atomic E-state index is -0.440. The van der Waals surface area contributed by atoms with Crippen molar-refractivity contribution in [1.82, 2.24) is 9.80 Å². The van der Waals surface area contributed by atoms with Gasteiger partial charge in [0.15, 0.2) is 0 Å². The van der Waals surface area contributed by atoms with Crippen LogP contribution in [0.1, 0.15) is 15.9 Å². The number of para-hydroxylation sites is 1. The fourth-order valence-electron chi connectivity index (χ4n) is 3.45. The summed E-state index contributed by atoms with van der Waals surface area (Å²) >= 11 is 0. The van der Waals surface area contributed by atoms with E-state index in [1.165, 1.54) is 18.2 Å². The monoisotopic (exact) mass is 402 g/mol. The van der Waals surface area contributed by atoms with Crippen molar-refractivity contribution in [2.45, 2.75) is 12.6 Å². The number of nitrogens with zero attached hydrogens (tertiary/aromatic N) is 2. The number of ether oxygens (including phenoxy) is 2. The predicted molar refractivity (Wildman–Crippen MR) is 107 cm³/mol. The number of phenolic OH excluding ortho intramolecular Hbond substituents is 1. The molecular weight excluding hydrogens is 375 g/mol. The van der Waals surface area contributed by atoms with Gasteiger partial charge in [0.05, 0.1) is 19.3 Å². The van der Waals surface area contributed by atoms with Crippen LogP contribution in [0, 0.1) is 5.82 Å². The molecule has 7 heteroatoms. The summed E-state index contributed by atoms with van der Waals surface area (Å²) in [5.41, 5.74) is 1.17. The van der Waals surface area contributed by atoms with Gasteiger partial charge in [-0.05, 0) is 24.3 Å². The van der Waals surface area contributed by atoms with Crippen LogP contribution >= 0.6 is 0 Å². The number of rotatable bonds is 8. The lowest BCUT2D eigenvalue weighted by Gasteiger charge is -2.36. The van der Waals surface area contributed by atoms with E-state index in [2.05, 4.69) is 4.90 Å². The Balaban J connectivity index is 1.65. The summed E-state index contributed by atoms with van der Waals surface area (Å²) in [5.74, 6) is -0.410. The molecule has 1 aliphatic rings. The van der Waals surface area contributed by atoms with Crippen molar-refractivity contribution in [1.29, 1.82) is 0 Å². The Morgan fingerprint density at radius 1 is 1.31 bits per heavy atom. The fourth-order valence-corrected chi connectivity index (χ4v) is 3.45. The minimum absolute atomic E-state index is 0.177. The lowest BCUT2D eigenvalue weighted by molar-refractivity contribution is -0.0445. The Hall–Kier alpha value is -2.48. The molecule has 2 aromatic rings. The number of halogens is 1. The van der Waals surface area contributed by atoms with E-state index in [-0.39, 0.29) is 17.8 Å². The fraction of sp³-hybridized carbons (Fsp3) is 0.409. The second-order valence-electron chi connectivity index (χ2n) is 7.11. The highest BCUT2D eigenvalue weighted by Crippen LogP contribution is 2.20. The van der Waals surface area contributed by atoms with E-state index >= 15 is 0 Å². The lowest BCUT2D eigenvalue weighted by atomic mass is 10.1. The molecule has 1 aliphatic heterocycles. The van der Waals surface area contributed by atoms with Gasteiger partial charge >= 0.3 is 0 Å². The number of carbonyl (C=O) groups excluding carboxylic acids is 1. The van der Waals surface area contributed by atoms with Crippen molar-refractivity contribution < 1.29 is 23.8 Å². The van der Waals surface area contributed by atoms with E-state index in [0.29, 0.717) is 45.0 Å². The molecule has 0 spiro atoms. The molecule has 6 nitrogen and oxygen atoms in total. The van der Waals surface area contributed by atoms with Crippen LogP contribution in [0.5, 0.6) is 5.75 Å². The van der Waals surface area contributed by atoms with Crippen molar-refractivity contribution in [3.63, 3.8) is 0 Å². The molecule has 0 radical (unpaired) electrons. The molecule has 1 N–H and O–H groups in total. The molecule has 0 aliphatic carbocycles. The van der Waals surface area contributed by atoms with E-state index in [4.69, 9.17) is 9.47 Å². The highest BCUT2D eigenvalue weighted by Gasteiger charge is 2.26. The number of methoxy groups -OCH3 is 1. The molecule has 0 bridgehead atoms. The molecule has 156 valence electrons. The summed E-state index contributed by atoms with van der Waals surface area (Å²) in [5, 5.41) is 10.0. The van der Waals surface area contributed by atoms with Gasteiger partial charge in [-0.2, -0.15) is 0 Å². The zero-order valence-electron chi connectivity index (χ0n) is 16.6. The highest BCUT2D eigenvalue weighted by atomic mass is 19.1. The van der Waals surface area contributed by atoms with Gasteiger partial charge in [-0.3, -0.25) is 9.69 Å². The zero-order chi connectivity index (χ0) is 20.6. The van der Waals surface area contributed by atoms with Gasteiger partial charge in [-0.15, -0.1) is 0 Å². The molecule has 0 saturated carbocycles. The summed E-state index contributed by atoms with van der Waals surface area (Å²) in [6, 6.07) is 13.0. The molecule has 0 aromatic heterocycles. The van der Waals surface area contributed by atoms with Crippen LogP contribution in [0.2, 0.25) is 0 Å². The Kier molecular flexibility index (Phi) is 7.57. The molecule has 29 heavy (non-hydrogen) atoms. The first-order valence-electron chi connectivity index (χ1n) is 9.71. The molecule has 1 unspecified atom stereocenters. The molecule has 1 amide bonds. The predicted octanol–water partition coefficient (Wildman–Crippen LogP) is 2.52. The summed E-state index contributed by atoms with van der Waals surface area (Å²) in [6.07, 6.45) is -0.177. The van der Waals surface area contributed by atoms with Crippen LogP contribution in [0.25, 0.3) is 0 Å². The first kappa shape index (κ1) is 21.2. The number of hydrogen-bond acceptors (Lipinski definition) is 5. The lowest BCUT2D eigenvalue weighted by Crippen LogP contribution is -2.49. The van der Waals surface area contributed by atoms with Crippen molar-refractivity contribution in [2.24, 2.45) is 0 Å². The van der Waals surface area contributed by atoms with Crippen molar-refractivity contribution in [3.8, 4) is 5.75 Å². The largest absolute Gasteiger partial charge is 0.508 e. The van der Waals surface area contributed by atoms with E-state index in [1.807, 2.05) is 12.1 Å².